The van der Waals surface area contributed by atoms with Gasteiger partial charge >= 0.3 is 0 Å². The molecule has 0 aliphatic carbocycles. The first kappa shape index (κ1) is 20.1. The van der Waals surface area contributed by atoms with Gasteiger partial charge in [-0.05, 0) is 44.1 Å². The van der Waals surface area contributed by atoms with E-state index in [1.165, 1.54) is 28.6 Å². The first-order valence-electron chi connectivity index (χ1n) is 10.4. The molecule has 0 spiro atoms. The Morgan fingerprint density at radius 2 is 2.12 bits per heavy atom. The second-order valence-electron chi connectivity index (χ2n) is 7.61. The number of aromatic nitrogens is 5. The van der Waals surface area contributed by atoms with Crippen LogP contribution >= 0.6 is 0 Å². The molecule has 1 amide bonds. The lowest BCUT2D eigenvalue weighted by molar-refractivity contribution is 0.102. The van der Waals surface area contributed by atoms with Gasteiger partial charge in [0.15, 0.2) is 11.5 Å². The first-order valence-corrected chi connectivity index (χ1v) is 10.4. The van der Waals surface area contributed by atoms with Gasteiger partial charge in [0.25, 0.3) is 5.91 Å². The number of anilines is 1. The lowest BCUT2D eigenvalue weighted by Crippen LogP contribution is -2.26. The molecule has 2 N–H and O–H groups in total. The Bertz CT molecular complexity index is 1280. The maximum absolute atomic E-state index is 14.9. The molecular weight excluding hydrogens is 413 g/mol. The standard InChI is InChI=1S/C22H22FN7O2/c1-32-15-3-4-19(17(23)11-15)30-20(12-18(28-30)14-5-8-24-9-6-14)27-22(31)16-13-26-29-10-2-7-25-21(16)29/h2-4,7,10-14,24H,5-6,8-9H2,1H3,(H,27,31). The van der Waals surface area contributed by atoms with E-state index in [4.69, 9.17) is 4.74 Å². The van der Waals surface area contributed by atoms with Crippen LogP contribution in [0.4, 0.5) is 10.2 Å². The molecule has 3 aromatic heterocycles. The molecule has 1 saturated heterocycles. The summed E-state index contributed by atoms with van der Waals surface area (Å²) in [7, 11) is 1.48. The SMILES string of the molecule is COc1ccc(-n2nc(C3CCNCC3)cc2NC(=O)c2cnn3cccnc23)c(F)c1. The average Bonchev–Trinajstić information content (AvgIpc) is 3.44. The molecule has 1 aliphatic heterocycles. The fourth-order valence-electron chi connectivity index (χ4n) is 3.95. The number of hydrogen-bond donors (Lipinski definition) is 2. The van der Waals surface area contributed by atoms with Gasteiger partial charge in [0.05, 0.1) is 19.0 Å². The third-order valence-corrected chi connectivity index (χ3v) is 5.63. The number of methoxy groups -OCH3 is 1. The largest absolute Gasteiger partial charge is 0.497 e. The summed E-state index contributed by atoms with van der Waals surface area (Å²) in [5.41, 5.74) is 1.79. The Hall–Kier alpha value is -3.79. The predicted molar refractivity (Wildman–Crippen MR) is 116 cm³/mol. The van der Waals surface area contributed by atoms with Crippen molar-refractivity contribution in [3.8, 4) is 11.4 Å². The minimum absolute atomic E-state index is 0.222. The van der Waals surface area contributed by atoms with Crippen LogP contribution in [0.3, 0.4) is 0 Å². The van der Waals surface area contributed by atoms with Crippen molar-refractivity contribution >= 4 is 17.4 Å². The molecule has 1 aromatic carbocycles. The molecule has 0 bridgehead atoms. The zero-order valence-electron chi connectivity index (χ0n) is 17.5. The average molecular weight is 435 g/mol. The van der Waals surface area contributed by atoms with Crippen LogP contribution in [0.5, 0.6) is 5.75 Å². The fourth-order valence-corrected chi connectivity index (χ4v) is 3.95. The lowest BCUT2D eigenvalue weighted by atomic mass is 9.95. The normalized spacial score (nSPS) is 14.6. The first-order chi connectivity index (χ1) is 15.6. The van der Waals surface area contributed by atoms with Crippen molar-refractivity contribution in [2.45, 2.75) is 18.8 Å². The molecule has 4 heterocycles. The smallest absolute Gasteiger partial charge is 0.262 e. The van der Waals surface area contributed by atoms with Gasteiger partial charge in [-0.3, -0.25) is 4.79 Å². The van der Waals surface area contributed by atoms with Crippen molar-refractivity contribution in [1.29, 1.82) is 0 Å². The second-order valence-corrected chi connectivity index (χ2v) is 7.61. The van der Waals surface area contributed by atoms with E-state index in [1.807, 2.05) is 6.07 Å². The Morgan fingerprint density at radius 3 is 2.91 bits per heavy atom. The van der Waals surface area contributed by atoms with E-state index in [0.717, 1.165) is 31.6 Å². The molecule has 0 radical (unpaired) electrons. The van der Waals surface area contributed by atoms with E-state index >= 15 is 0 Å². The number of nitrogens with zero attached hydrogens (tertiary/aromatic N) is 5. The molecule has 32 heavy (non-hydrogen) atoms. The Morgan fingerprint density at radius 1 is 1.28 bits per heavy atom. The maximum atomic E-state index is 14.9. The topological polar surface area (TPSA) is 98.4 Å². The highest BCUT2D eigenvalue weighted by molar-refractivity contribution is 6.07. The number of ether oxygens (including phenoxy) is 1. The minimum atomic E-state index is -0.502. The van der Waals surface area contributed by atoms with E-state index in [9.17, 15) is 9.18 Å². The van der Waals surface area contributed by atoms with E-state index in [0.29, 0.717) is 22.8 Å². The molecule has 1 aliphatic rings. The van der Waals surface area contributed by atoms with Gasteiger partial charge in [-0.1, -0.05) is 0 Å². The lowest BCUT2D eigenvalue weighted by Gasteiger charge is -2.20. The highest BCUT2D eigenvalue weighted by Crippen LogP contribution is 2.30. The zero-order chi connectivity index (χ0) is 22.1. The number of rotatable bonds is 5. The second kappa shape index (κ2) is 8.39. The van der Waals surface area contributed by atoms with Gasteiger partial charge in [0, 0.05) is 30.4 Å². The van der Waals surface area contributed by atoms with Gasteiger partial charge in [0.1, 0.15) is 22.8 Å². The number of hydrogen-bond acceptors (Lipinski definition) is 6. The van der Waals surface area contributed by atoms with Gasteiger partial charge in [0.2, 0.25) is 0 Å². The molecular formula is C22H22FN7O2. The van der Waals surface area contributed by atoms with Gasteiger partial charge in [-0.15, -0.1) is 0 Å². The van der Waals surface area contributed by atoms with Gasteiger partial charge in [-0.2, -0.15) is 10.2 Å². The van der Waals surface area contributed by atoms with Gasteiger partial charge < -0.3 is 15.4 Å². The van der Waals surface area contributed by atoms with Crippen LogP contribution in [-0.2, 0) is 0 Å². The molecule has 0 atom stereocenters. The van der Waals surface area contributed by atoms with Crippen molar-refractivity contribution in [3.05, 3.63) is 66.0 Å². The molecule has 1 fully saturated rings. The molecule has 5 rings (SSSR count). The summed E-state index contributed by atoms with van der Waals surface area (Å²) in [6, 6.07) is 8.08. The monoisotopic (exact) mass is 435 g/mol. The van der Waals surface area contributed by atoms with Gasteiger partial charge in [-0.25, -0.2) is 18.6 Å². The number of carbonyl (C=O) groups is 1. The van der Waals surface area contributed by atoms with Crippen molar-refractivity contribution < 1.29 is 13.9 Å². The Balaban J connectivity index is 1.54. The van der Waals surface area contributed by atoms with E-state index in [-0.39, 0.29) is 11.6 Å². The zero-order valence-corrected chi connectivity index (χ0v) is 17.5. The van der Waals surface area contributed by atoms with Crippen molar-refractivity contribution in [1.82, 2.24) is 29.7 Å². The predicted octanol–water partition coefficient (Wildman–Crippen LogP) is 2.78. The third kappa shape index (κ3) is 3.69. The van der Waals surface area contributed by atoms with Crippen LogP contribution in [-0.4, -0.2) is 50.5 Å². The number of carbonyl (C=O) groups excluding carboxylic acids is 1. The highest BCUT2D eigenvalue weighted by atomic mass is 19.1. The molecule has 4 aromatic rings. The number of amides is 1. The summed E-state index contributed by atoms with van der Waals surface area (Å²) in [5, 5.41) is 15.0. The number of halogens is 1. The number of nitrogens with one attached hydrogen (secondary N) is 2. The number of fused-ring (bicyclic) bond motifs is 1. The quantitative estimate of drug-likeness (QED) is 0.500. The molecule has 0 unspecified atom stereocenters. The summed E-state index contributed by atoms with van der Waals surface area (Å²) in [4.78, 5) is 17.3. The summed E-state index contributed by atoms with van der Waals surface area (Å²) < 4.78 is 23.0. The Kier molecular flexibility index (Phi) is 5.28. The molecule has 0 saturated carbocycles. The third-order valence-electron chi connectivity index (χ3n) is 5.63. The molecule has 164 valence electrons. The maximum Gasteiger partial charge on any atom is 0.262 e. The molecule has 10 heteroatoms. The minimum Gasteiger partial charge on any atom is -0.497 e. The van der Waals surface area contributed by atoms with Crippen LogP contribution in [0.2, 0.25) is 0 Å². The highest BCUT2D eigenvalue weighted by Gasteiger charge is 2.23. The van der Waals surface area contributed by atoms with E-state index in [1.54, 1.807) is 30.6 Å². The number of piperidine rings is 1. The summed E-state index contributed by atoms with van der Waals surface area (Å²) >= 11 is 0. The van der Waals surface area contributed by atoms with Crippen LogP contribution in [0, 0.1) is 5.82 Å². The summed E-state index contributed by atoms with van der Waals surface area (Å²) in [6.07, 6.45) is 6.62. The van der Waals surface area contributed by atoms with Crippen LogP contribution in [0.1, 0.15) is 34.8 Å². The van der Waals surface area contributed by atoms with Crippen molar-refractivity contribution in [2.24, 2.45) is 0 Å². The van der Waals surface area contributed by atoms with Crippen LogP contribution < -0.4 is 15.4 Å². The van der Waals surface area contributed by atoms with E-state index in [2.05, 4.69) is 25.8 Å². The van der Waals surface area contributed by atoms with Crippen LogP contribution in [0.15, 0.2) is 48.9 Å². The Labute approximate surface area is 183 Å². The van der Waals surface area contributed by atoms with Crippen molar-refractivity contribution in [2.75, 3.05) is 25.5 Å². The fraction of sp³-hybridized carbons (Fsp3) is 0.273. The van der Waals surface area contributed by atoms with Crippen LogP contribution in [0.25, 0.3) is 11.3 Å². The van der Waals surface area contributed by atoms with Crippen molar-refractivity contribution in [3.63, 3.8) is 0 Å². The summed E-state index contributed by atoms with van der Waals surface area (Å²) in [6.45, 7) is 1.79. The summed E-state index contributed by atoms with van der Waals surface area (Å²) in [5.74, 6) is 0.110. The molecule has 9 nitrogen and oxygen atoms in total. The van der Waals surface area contributed by atoms with E-state index < -0.39 is 11.7 Å². The number of benzene rings is 1.